The molecule has 1 N–H and O–H groups in total. The average molecular weight is 235 g/mol. The van der Waals surface area contributed by atoms with Crippen LogP contribution in [0.3, 0.4) is 0 Å². The molecule has 0 radical (unpaired) electrons. The zero-order chi connectivity index (χ0) is 12.5. The van der Waals surface area contributed by atoms with E-state index in [2.05, 4.69) is 19.2 Å². The first-order chi connectivity index (χ1) is 8.04. The molecule has 0 heterocycles. The molecule has 0 aliphatic heterocycles. The van der Waals surface area contributed by atoms with Crippen molar-refractivity contribution in [3.8, 4) is 0 Å². The molecule has 94 valence electrons. The second-order valence-electron chi connectivity index (χ2n) is 5.75. The summed E-state index contributed by atoms with van der Waals surface area (Å²) in [6.45, 7) is 4.48. The molecule has 1 aliphatic rings. The second-order valence-corrected chi connectivity index (χ2v) is 5.75. The highest BCUT2D eigenvalue weighted by Crippen LogP contribution is 2.38. The van der Waals surface area contributed by atoms with E-state index in [-0.39, 0.29) is 11.2 Å². The second kappa shape index (κ2) is 4.77. The van der Waals surface area contributed by atoms with Crippen molar-refractivity contribution in [2.24, 2.45) is 5.92 Å². The summed E-state index contributed by atoms with van der Waals surface area (Å²) < 4.78 is 13.0. The van der Waals surface area contributed by atoms with Gasteiger partial charge in [-0.25, -0.2) is 4.39 Å². The van der Waals surface area contributed by atoms with Crippen molar-refractivity contribution in [1.82, 2.24) is 5.32 Å². The summed E-state index contributed by atoms with van der Waals surface area (Å²) in [7, 11) is 2.03. The Morgan fingerprint density at radius 2 is 1.88 bits per heavy atom. The van der Waals surface area contributed by atoms with Gasteiger partial charge >= 0.3 is 0 Å². The summed E-state index contributed by atoms with van der Waals surface area (Å²) in [4.78, 5) is 0. The van der Waals surface area contributed by atoms with E-state index in [9.17, 15) is 4.39 Å². The molecule has 0 saturated heterocycles. The maximum atomic E-state index is 13.0. The molecule has 0 aromatic heterocycles. The number of benzene rings is 1. The third-order valence-corrected chi connectivity index (χ3v) is 4.07. The normalized spacial score (nSPS) is 18.1. The van der Waals surface area contributed by atoms with Crippen LogP contribution in [0.15, 0.2) is 24.3 Å². The van der Waals surface area contributed by atoms with Crippen LogP contribution in [0, 0.1) is 11.7 Å². The number of rotatable bonds is 5. The van der Waals surface area contributed by atoms with Crippen LogP contribution in [0.4, 0.5) is 4.39 Å². The van der Waals surface area contributed by atoms with E-state index in [0.717, 1.165) is 5.92 Å². The van der Waals surface area contributed by atoms with E-state index >= 15 is 0 Å². The first kappa shape index (κ1) is 12.6. The maximum absolute atomic E-state index is 13.0. The van der Waals surface area contributed by atoms with Crippen LogP contribution in [0.2, 0.25) is 0 Å². The lowest BCUT2D eigenvalue weighted by Gasteiger charge is -2.35. The molecule has 1 fully saturated rings. The van der Waals surface area contributed by atoms with Crippen molar-refractivity contribution >= 4 is 0 Å². The lowest BCUT2D eigenvalue weighted by Crippen LogP contribution is -2.43. The third-order valence-electron chi connectivity index (χ3n) is 4.07. The standard InChI is InChI=1S/C15H22FN/c1-15(2,12-6-8-13(16)9-7-12)14(17-3)10-11-4-5-11/h6-9,11,14,17H,4-5,10H2,1-3H3. The van der Waals surface area contributed by atoms with Crippen molar-refractivity contribution in [3.05, 3.63) is 35.6 Å². The fourth-order valence-corrected chi connectivity index (χ4v) is 2.54. The van der Waals surface area contributed by atoms with Gasteiger partial charge in [0.05, 0.1) is 0 Å². The third kappa shape index (κ3) is 2.86. The van der Waals surface area contributed by atoms with Gasteiger partial charge in [0.2, 0.25) is 0 Å². The molecule has 2 heteroatoms. The fourth-order valence-electron chi connectivity index (χ4n) is 2.54. The Morgan fingerprint density at radius 1 is 1.29 bits per heavy atom. The van der Waals surface area contributed by atoms with Crippen molar-refractivity contribution < 1.29 is 4.39 Å². The van der Waals surface area contributed by atoms with Crippen LogP contribution in [0.1, 0.15) is 38.7 Å². The molecule has 1 atom stereocenters. The molecule has 1 aliphatic carbocycles. The Labute approximate surface area is 103 Å². The van der Waals surface area contributed by atoms with Gasteiger partial charge in [-0.1, -0.05) is 38.8 Å². The summed E-state index contributed by atoms with van der Waals surface area (Å²) >= 11 is 0. The Kier molecular flexibility index (Phi) is 3.53. The highest BCUT2D eigenvalue weighted by atomic mass is 19.1. The smallest absolute Gasteiger partial charge is 0.123 e. The quantitative estimate of drug-likeness (QED) is 0.823. The van der Waals surface area contributed by atoms with Crippen LogP contribution < -0.4 is 5.32 Å². The van der Waals surface area contributed by atoms with Crippen LogP contribution in [0.5, 0.6) is 0 Å². The van der Waals surface area contributed by atoms with Crippen molar-refractivity contribution in [1.29, 1.82) is 0 Å². The van der Waals surface area contributed by atoms with Crippen LogP contribution in [-0.2, 0) is 5.41 Å². The first-order valence-corrected chi connectivity index (χ1v) is 6.47. The number of hydrogen-bond acceptors (Lipinski definition) is 1. The molecule has 1 unspecified atom stereocenters. The van der Waals surface area contributed by atoms with Gasteiger partial charge < -0.3 is 5.32 Å². The van der Waals surface area contributed by atoms with E-state index in [1.165, 1.54) is 24.8 Å². The van der Waals surface area contributed by atoms with Gasteiger partial charge in [-0.05, 0) is 37.1 Å². The molecule has 0 amide bonds. The zero-order valence-electron chi connectivity index (χ0n) is 11.0. The zero-order valence-corrected chi connectivity index (χ0v) is 11.0. The van der Waals surface area contributed by atoms with Crippen molar-refractivity contribution in [2.75, 3.05) is 7.05 Å². The molecule has 1 aromatic carbocycles. The highest BCUT2D eigenvalue weighted by Gasteiger charge is 2.34. The molecule has 17 heavy (non-hydrogen) atoms. The van der Waals surface area contributed by atoms with Crippen molar-refractivity contribution in [2.45, 2.75) is 44.6 Å². The average Bonchev–Trinajstić information content (AvgIpc) is 3.10. The number of hydrogen-bond donors (Lipinski definition) is 1. The lowest BCUT2D eigenvalue weighted by atomic mass is 9.76. The van der Waals surface area contributed by atoms with Gasteiger partial charge in [0.25, 0.3) is 0 Å². The van der Waals surface area contributed by atoms with E-state index in [1.807, 2.05) is 19.2 Å². The number of likely N-dealkylation sites (N-methyl/N-ethyl adjacent to an activating group) is 1. The minimum Gasteiger partial charge on any atom is -0.316 e. The molecule has 1 aromatic rings. The number of nitrogens with one attached hydrogen (secondary N) is 1. The summed E-state index contributed by atoms with van der Waals surface area (Å²) in [5, 5.41) is 3.43. The fraction of sp³-hybridized carbons (Fsp3) is 0.600. The maximum Gasteiger partial charge on any atom is 0.123 e. The Balaban J connectivity index is 2.16. The topological polar surface area (TPSA) is 12.0 Å². The predicted molar refractivity (Wildman–Crippen MR) is 69.6 cm³/mol. The minimum atomic E-state index is -0.159. The van der Waals surface area contributed by atoms with E-state index < -0.39 is 0 Å². The van der Waals surface area contributed by atoms with Gasteiger partial charge in [0, 0.05) is 11.5 Å². The van der Waals surface area contributed by atoms with Crippen LogP contribution in [0.25, 0.3) is 0 Å². The van der Waals surface area contributed by atoms with Crippen LogP contribution >= 0.6 is 0 Å². The van der Waals surface area contributed by atoms with E-state index in [4.69, 9.17) is 0 Å². The molecule has 1 nitrogen and oxygen atoms in total. The number of halogens is 1. The van der Waals surface area contributed by atoms with Crippen LogP contribution in [-0.4, -0.2) is 13.1 Å². The SMILES string of the molecule is CNC(CC1CC1)C(C)(C)c1ccc(F)cc1. The van der Waals surface area contributed by atoms with Gasteiger partial charge in [0.15, 0.2) is 0 Å². The molecule has 1 saturated carbocycles. The predicted octanol–water partition coefficient (Wildman–Crippen LogP) is 3.49. The molecule has 0 spiro atoms. The lowest BCUT2D eigenvalue weighted by molar-refractivity contribution is 0.327. The van der Waals surface area contributed by atoms with Gasteiger partial charge in [-0.2, -0.15) is 0 Å². The Hall–Kier alpha value is -0.890. The summed E-state index contributed by atoms with van der Waals surface area (Å²) in [5.74, 6) is 0.736. The largest absolute Gasteiger partial charge is 0.316 e. The van der Waals surface area contributed by atoms with E-state index in [0.29, 0.717) is 6.04 Å². The molecule has 0 bridgehead atoms. The Bertz CT molecular complexity index is 365. The molecular formula is C15H22FN. The monoisotopic (exact) mass is 235 g/mol. The summed E-state index contributed by atoms with van der Waals surface area (Å²) in [5.41, 5.74) is 1.25. The molecular weight excluding hydrogens is 213 g/mol. The van der Waals surface area contributed by atoms with Gasteiger partial charge in [0.1, 0.15) is 5.82 Å². The summed E-state index contributed by atoms with van der Waals surface area (Å²) in [6.07, 6.45) is 3.97. The van der Waals surface area contributed by atoms with Crippen molar-refractivity contribution in [3.63, 3.8) is 0 Å². The first-order valence-electron chi connectivity index (χ1n) is 6.47. The highest BCUT2D eigenvalue weighted by molar-refractivity contribution is 5.26. The molecule has 2 rings (SSSR count). The van der Waals surface area contributed by atoms with Gasteiger partial charge in [-0.3, -0.25) is 0 Å². The van der Waals surface area contributed by atoms with E-state index in [1.54, 1.807) is 12.1 Å². The van der Waals surface area contributed by atoms with Gasteiger partial charge in [-0.15, -0.1) is 0 Å². The summed E-state index contributed by atoms with van der Waals surface area (Å²) in [6, 6.07) is 7.39. The minimum absolute atomic E-state index is 0.0467. The Morgan fingerprint density at radius 3 is 2.35 bits per heavy atom.